The number of hydrogen-bond donors (Lipinski definition) is 0. The monoisotopic (exact) mass is 171 g/mol. The fraction of sp³-hybridized carbons (Fsp3) is 0.889. The Kier molecular flexibility index (Phi) is 3.44. The maximum Gasteiger partial charge on any atom is 0.0692 e. The van der Waals surface area contributed by atoms with E-state index in [1.54, 1.807) is 0 Å². The summed E-state index contributed by atoms with van der Waals surface area (Å²) in [6.45, 7) is 10.5. The Labute approximate surface area is 74.2 Å². The summed E-state index contributed by atoms with van der Waals surface area (Å²) in [4.78, 5) is 0. The highest BCUT2D eigenvalue weighted by atomic mass is 32.2. The van der Waals surface area contributed by atoms with E-state index in [-0.39, 0.29) is 10.2 Å². The van der Waals surface area contributed by atoms with E-state index in [1.807, 2.05) is 25.6 Å². The molecule has 0 aromatic rings. The van der Waals surface area contributed by atoms with Crippen LogP contribution in [0.25, 0.3) is 0 Å². The van der Waals surface area contributed by atoms with Crippen LogP contribution in [0.2, 0.25) is 0 Å². The number of hydrogen-bond acceptors (Lipinski definition) is 2. The van der Waals surface area contributed by atoms with Gasteiger partial charge in [-0.15, -0.1) is 0 Å². The summed E-state index contributed by atoms with van der Waals surface area (Å²) >= 11 is 1.84. The molecule has 0 aromatic carbocycles. The Hall–Kier alpha value is -0.160. The predicted molar refractivity (Wildman–Crippen MR) is 51.6 cm³/mol. The van der Waals surface area contributed by atoms with Gasteiger partial charge in [-0.1, -0.05) is 20.8 Å². The van der Waals surface area contributed by atoms with Gasteiger partial charge in [0, 0.05) is 10.5 Å². The third-order valence-corrected chi connectivity index (χ3v) is 2.90. The fourth-order valence-electron chi connectivity index (χ4n) is 0.429. The van der Waals surface area contributed by atoms with Gasteiger partial charge >= 0.3 is 0 Å². The van der Waals surface area contributed by atoms with Gasteiger partial charge in [0.25, 0.3) is 0 Å². The van der Waals surface area contributed by atoms with Crippen LogP contribution in [0.15, 0.2) is 0 Å². The lowest BCUT2D eigenvalue weighted by Crippen LogP contribution is -2.17. The minimum Gasteiger partial charge on any atom is -0.198 e. The molecule has 0 N–H and O–H groups in total. The van der Waals surface area contributed by atoms with Crippen molar-refractivity contribution in [1.29, 1.82) is 5.26 Å². The Morgan fingerprint density at radius 1 is 1.18 bits per heavy atom. The molecule has 64 valence electrons. The topological polar surface area (TPSA) is 23.8 Å². The van der Waals surface area contributed by atoms with E-state index in [0.717, 1.165) is 5.75 Å². The van der Waals surface area contributed by atoms with Crippen LogP contribution in [-0.2, 0) is 0 Å². The van der Waals surface area contributed by atoms with E-state index in [9.17, 15) is 0 Å². The molecular formula is C9H17NS. The lowest BCUT2D eigenvalue weighted by molar-refractivity contribution is 0.570. The van der Waals surface area contributed by atoms with Crippen LogP contribution >= 0.6 is 11.8 Å². The van der Waals surface area contributed by atoms with Crippen molar-refractivity contribution in [1.82, 2.24) is 0 Å². The predicted octanol–water partition coefficient (Wildman–Crippen LogP) is 3.07. The zero-order valence-electron chi connectivity index (χ0n) is 8.06. The van der Waals surface area contributed by atoms with Crippen LogP contribution in [0.1, 0.15) is 34.6 Å². The molecule has 11 heavy (non-hydrogen) atoms. The maximum absolute atomic E-state index is 8.73. The van der Waals surface area contributed by atoms with Crippen molar-refractivity contribution in [2.24, 2.45) is 5.41 Å². The lowest BCUT2D eigenvalue weighted by atomic mass is 10.00. The molecule has 0 aromatic heterocycles. The molecule has 0 heterocycles. The van der Waals surface area contributed by atoms with E-state index in [0.29, 0.717) is 0 Å². The summed E-state index contributed by atoms with van der Waals surface area (Å²) in [5.41, 5.74) is -0.183. The second-order valence-electron chi connectivity index (χ2n) is 4.40. The summed E-state index contributed by atoms with van der Waals surface area (Å²) in [7, 11) is 0. The summed E-state index contributed by atoms with van der Waals surface area (Å²) < 4.78 is 0.272. The normalized spacial score (nSPS) is 12.7. The summed E-state index contributed by atoms with van der Waals surface area (Å²) in [5, 5.41) is 8.73. The number of rotatable bonds is 2. The van der Waals surface area contributed by atoms with Gasteiger partial charge in [0.1, 0.15) is 0 Å². The fourth-order valence-corrected chi connectivity index (χ4v) is 1.29. The first-order valence-corrected chi connectivity index (χ1v) is 4.81. The summed E-state index contributed by atoms with van der Waals surface area (Å²) in [5.74, 6) is 0.910. The molecule has 0 unspecified atom stereocenters. The van der Waals surface area contributed by atoms with Crippen molar-refractivity contribution < 1.29 is 0 Å². The molecule has 0 aliphatic heterocycles. The minimum atomic E-state index is -0.183. The van der Waals surface area contributed by atoms with Crippen molar-refractivity contribution in [3.63, 3.8) is 0 Å². The van der Waals surface area contributed by atoms with Gasteiger partial charge in [-0.05, 0) is 13.8 Å². The highest BCUT2D eigenvalue weighted by Gasteiger charge is 2.20. The van der Waals surface area contributed by atoms with Crippen LogP contribution in [0.3, 0.4) is 0 Å². The van der Waals surface area contributed by atoms with Crippen LogP contribution in [0, 0.1) is 16.7 Å². The van der Waals surface area contributed by atoms with Gasteiger partial charge in [0.15, 0.2) is 0 Å². The molecule has 0 spiro atoms. The van der Waals surface area contributed by atoms with E-state index in [2.05, 4.69) is 26.8 Å². The van der Waals surface area contributed by atoms with Crippen molar-refractivity contribution in [3.05, 3.63) is 0 Å². The van der Waals surface area contributed by atoms with Crippen molar-refractivity contribution in [3.8, 4) is 6.07 Å². The van der Waals surface area contributed by atoms with Gasteiger partial charge in [0.05, 0.1) is 11.5 Å². The molecule has 0 aliphatic carbocycles. The zero-order valence-corrected chi connectivity index (χ0v) is 8.88. The van der Waals surface area contributed by atoms with E-state index in [4.69, 9.17) is 5.26 Å². The zero-order chi connectivity index (χ0) is 9.12. The molecule has 0 fully saturated rings. The van der Waals surface area contributed by atoms with Crippen molar-refractivity contribution in [2.75, 3.05) is 5.75 Å². The second-order valence-corrected chi connectivity index (χ2v) is 6.20. The SMILES string of the molecule is CC(C)(C#N)CSC(C)(C)C. The molecule has 1 nitrogen and oxygen atoms in total. The van der Waals surface area contributed by atoms with Crippen molar-refractivity contribution in [2.45, 2.75) is 39.4 Å². The van der Waals surface area contributed by atoms with Crippen molar-refractivity contribution >= 4 is 11.8 Å². The van der Waals surface area contributed by atoms with E-state index >= 15 is 0 Å². The first-order chi connectivity index (χ1) is 4.77. The molecule has 0 radical (unpaired) electrons. The first kappa shape index (κ1) is 10.8. The van der Waals surface area contributed by atoms with Crippen LogP contribution in [0.5, 0.6) is 0 Å². The van der Waals surface area contributed by atoms with Crippen LogP contribution in [0.4, 0.5) is 0 Å². The number of nitriles is 1. The quantitative estimate of drug-likeness (QED) is 0.637. The average Bonchev–Trinajstić information content (AvgIpc) is 1.83. The summed E-state index contributed by atoms with van der Waals surface area (Å²) in [6.07, 6.45) is 0. The maximum atomic E-state index is 8.73. The second kappa shape index (κ2) is 3.49. The van der Waals surface area contributed by atoms with Crippen LogP contribution in [-0.4, -0.2) is 10.5 Å². The molecule has 0 aliphatic rings. The Morgan fingerprint density at radius 2 is 1.64 bits per heavy atom. The van der Waals surface area contributed by atoms with Gasteiger partial charge in [-0.3, -0.25) is 0 Å². The average molecular weight is 171 g/mol. The molecule has 0 bridgehead atoms. The molecule has 2 heteroatoms. The lowest BCUT2D eigenvalue weighted by Gasteiger charge is -2.22. The smallest absolute Gasteiger partial charge is 0.0692 e. The van der Waals surface area contributed by atoms with Gasteiger partial charge in [-0.2, -0.15) is 17.0 Å². The Morgan fingerprint density at radius 3 is 1.91 bits per heavy atom. The molecule has 0 amide bonds. The highest BCUT2D eigenvalue weighted by molar-refractivity contribution is 8.00. The third-order valence-electron chi connectivity index (χ3n) is 1.17. The van der Waals surface area contributed by atoms with E-state index < -0.39 is 0 Å². The molecule has 0 rings (SSSR count). The Bertz CT molecular complexity index is 159. The molecule has 0 saturated heterocycles. The molecule has 0 saturated carbocycles. The van der Waals surface area contributed by atoms with Gasteiger partial charge < -0.3 is 0 Å². The molecule has 0 atom stereocenters. The largest absolute Gasteiger partial charge is 0.198 e. The molecular weight excluding hydrogens is 154 g/mol. The third kappa shape index (κ3) is 6.25. The highest BCUT2D eigenvalue weighted by Crippen LogP contribution is 2.30. The first-order valence-electron chi connectivity index (χ1n) is 3.82. The standard InChI is InChI=1S/C9H17NS/c1-8(2,3)11-7-9(4,5)6-10/h7H2,1-5H3. The number of nitrogens with zero attached hydrogens (tertiary/aromatic N) is 1. The summed E-state index contributed by atoms with van der Waals surface area (Å²) in [6, 6.07) is 2.29. The number of thioether (sulfide) groups is 1. The van der Waals surface area contributed by atoms with E-state index in [1.165, 1.54) is 0 Å². The van der Waals surface area contributed by atoms with Gasteiger partial charge in [0.2, 0.25) is 0 Å². The van der Waals surface area contributed by atoms with Crippen LogP contribution < -0.4 is 0 Å². The minimum absolute atomic E-state index is 0.183. The Balaban J connectivity index is 3.83. The van der Waals surface area contributed by atoms with Gasteiger partial charge in [-0.25, -0.2) is 0 Å².